The van der Waals surface area contributed by atoms with Crippen LogP contribution in [0.3, 0.4) is 0 Å². The number of benzene rings is 1. The zero-order valence-corrected chi connectivity index (χ0v) is 15.4. The molecule has 5 atom stereocenters. The minimum atomic E-state index is 0.376. The van der Waals surface area contributed by atoms with Crippen molar-refractivity contribution in [3.63, 3.8) is 0 Å². The number of nitrogens with zero attached hydrogens (tertiary/aromatic N) is 1. The van der Waals surface area contributed by atoms with Crippen LogP contribution in [-0.2, 0) is 4.74 Å². The average molecular weight is 354 g/mol. The molecule has 2 bridgehead atoms. The molecule has 23 heavy (non-hydrogen) atoms. The summed E-state index contributed by atoms with van der Waals surface area (Å²) in [4.78, 5) is 2.62. The quantitative estimate of drug-likeness (QED) is 0.756. The van der Waals surface area contributed by atoms with Crippen LogP contribution < -0.4 is 0 Å². The van der Waals surface area contributed by atoms with Crippen LogP contribution in [0.1, 0.15) is 43.6 Å². The van der Waals surface area contributed by atoms with E-state index in [9.17, 15) is 0 Å². The predicted molar refractivity (Wildman–Crippen MR) is 95.4 cm³/mol. The highest BCUT2D eigenvalue weighted by Gasteiger charge is 2.52. The maximum absolute atomic E-state index is 6.31. The Morgan fingerprint density at radius 2 is 1.91 bits per heavy atom. The number of hydrogen-bond donors (Lipinski definition) is 0. The maximum Gasteiger partial charge on any atom is 0.0648 e. The Hall–Kier alpha value is -0.280. The predicted octanol–water partition coefficient (Wildman–Crippen LogP) is 4.98. The van der Waals surface area contributed by atoms with Crippen molar-refractivity contribution in [2.45, 2.75) is 56.2 Å². The van der Waals surface area contributed by atoms with Crippen molar-refractivity contribution in [1.29, 1.82) is 0 Å². The monoisotopic (exact) mass is 353 g/mol. The normalized spacial score (nSPS) is 35.5. The van der Waals surface area contributed by atoms with Gasteiger partial charge in [-0.25, -0.2) is 0 Å². The molecular formula is C19H25Cl2NO. The minimum absolute atomic E-state index is 0.376. The van der Waals surface area contributed by atoms with Crippen LogP contribution in [0.2, 0.25) is 10.0 Å². The fraction of sp³-hybridized carbons (Fsp3) is 0.684. The van der Waals surface area contributed by atoms with Gasteiger partial charge in [0.15, 0.2) is 0 Å². The first kappa shape index (κ1) is 16.2. The topological polar surface area (TPSA) is 12.5 Å². The third-order valence-corrected chi connectivity index (χ3v) is 7.18. The van der Waals surface area contributed by atoms with E-state index in [-0.39, 0.29) is 0 Å². The van der Waals surface area contributed by atoms with Gasteiger partial charge in [0.1, 0.15) is 0 Å². The molecule has 4 rings (SSSR count). The van der Waals surface area contributed by atoms with E-state index in [2.05, 4.69) is 24.1 Å². The van der Waals surface area contributed by atoms with Gasteiger partial charge in [-0.15, -0.1) is 0 Å². The second kappa shape index (κ2) is 6.22. The van der Waals surface area contributed by atoms with Crippen molar-refractivity contribution in [2.75, 3.05) is 14.2 Å². The Morgan fingerprint density at radius 3 is 2.57 bits per heavy atom. The van der Waals surface area contributed by atoms with Gasteiger partial charge in [0.25, 0.3) is 0 Å². The van der Waals surface area contributed by atoms with Crippen molar-refractivity contribution >= 4 is 23.2 Å². The van der Waals surface area contributed by atoms with Crippen molar-refractivity contribution < 1.29 is 4.74 Å². The first-order valence-electron chi connectivity index (χ1n) is 8.80. The Balaban J connectivity index is 1.71. The summed E-state index contributed by atoms with van der Waals surface area (Å²) >= 11 is 12.4. The second-order valence-corrected chi connectivity index (χ2v) is 8.41. The second-order valence-electron chi connectivity index (χ2n) is 7.59. The van der Waals surface area contributed by atoms with Crippen molar-refractivity contribution in [2.24, 2.45) is 11.8 Å². The lowest BCUT2D eigenvalue weighted by atomic mass is 9.72. The molecule has 2 heterocycles. The molecule has 0 amide bonds. The average Bonchev–Trinajstić information content (AvgIpc) is 3.33. The van der Waals surface area contributed by atoms with E-state index in [1.54, 1.807) is 0 Å². The van der Waals surface area contributed by atoms with Gasteiger partial charge in [-0.3, -0.25) is 0 Å². The molecule has 4 heteroatoms. The fourth-order valence-corrected chi connectivity index (χ4v) is 5.45. The molecule has 0 N–H and O–H groups in total. The summed E-state index contributed by atoms with van der Waals surface area (Å²) in [6.45, 7) is 0. The maximum atomic E-state index is 6.31. The summed E-state index contributed by atoms with van der Waals surface area (Å²) in [5.41, 5.74) is 1.34. The molecule has 0 radical (unpaired) electrons. The largest absolute Gasteiger partial charge is 0.381 e. The van der Waals surface area contributed by atoms with Gasteiger partial charge in [-0.2, -0.15) is 0 Å². The fourth-order valence-electron chi connectivity index (χ4n) is 5.15. The van der Waals surface area contributed by atoms with E-state index in [1.165, 1.54) is 37.7 Å². The first-order chi connectivity index (χ1) is 11.1. The van der Waals surface area contributed by atoms with Crippen molar-refractivity contribution in [3.8, 4) is 0 Å². The number of halogens is 2. The molecule has 0 spiro atoms. The number of rotatable bonds is 4. The highest BCUT2D eigenvalue weighted by molar-refractivity contribution is 6.42. The van der Waals surface area contributed by atoms with E-state index >= 15 is 0 Å². The summed E-state index contributed by atoms with van der Waals surface area (Å²) in [5.74, 6) is 1.85. The number of methoxy groups -OCH3 is 1. The highest BCUT2D eigenvalue weighted by atomic mass is 35.5. The van der Waals surface area contributed by atoms with E-state index in [0.717, 1.165) is 5.92 Å². The standard InChI is InChI=1S/C19H25Cl2NO/c1-22-13-6-8-17(22)18(19(23-2)11-3-4-11)14(10-13)12-5-7-15(20)16(21)9-12/h5,7,9,11,13-14,17-19H,3-4,6,8,10H2,1-2H3/t13-,14+,17+,18-,19-/m1/s1. The molecule has 2 aliphatic heterocycles. The van der Waals surface area contributed by atoms with E-state index in [1.807, 2.05) is 13.2 Å². The van der Waals surface area contributed by atoms with Gasteiger partial charge in [0.05, 0.1) is 16.1 Å². The highest BCUT2D eigenvalue weighted by Crippen LogP contribution is 2.52. The molecule has 1 aromatic rings. The lowest BCUT2D eigenvalue weighted by molar-refractivity contribution is -0.0320. The van der Waals surface area contributed by atoms with Gasteiger partial charge in [-0.1, -0.05) is 29.3 Å². The summed E-state index contributed by atoms with van der Waals surface area (Å²) in [5, 5.41) is 1.32. The Morgan fingerprint density at radius 1 is 1.13 bits per heavy atom. The van der Waals surface area contributed by atoms with Crippen molar-refractivity contribution in [1.82, 2.24) is 4.90 Å². The van der Waals surface area contributed by atoms with Gasteiger partial charge in [-0.05, 0) is 68.7 Å². The van der Waals surface area contributed by atoms with E-state index < -0.39 is 0 Å². The molecule has 2 saturated heterocycles. The summed E-state index contributed by atoms with van der Waals surface area (Å²) in [6, 6.07) is 7.56. The summed E-state index contributed by atoms with van der Waals surface area (Å²) < 4.78 is 6.03. The third-order valence-electron chi connectivity index (χ3n) is 6.44. The lowest BCUT2D eigenvalue weighted by Gasteiger charge is -2.46. The molecular weight excluding hydrogens is 329 g/mol. The zero-order chi connectivity index (χ0) is 16.1. The van der Waals surface area contributed by atoms with Crippen LogP contribution >= 0.6 is 23.2 Å². The van der Waals surface area contributed by atoms with E-state index in [4.69, 9.17) is 27.9 Å². The molecule has 1 aliphatic carbocycles. The van der Waals surface area contributed by atoms with Crippen LogP contribution in [0, 0.1) is 11.8 Å². The van der Waals surface area contributed by atoms with Crippen molar-refractivity contribution in [3.05, 3.63) is 33.8 Å². The first-order valence-corrected chi connectivity index (χ1v) is 9.55. The third kappa shape index (κ3) is 2.82. The zero-order valence-electron chi connectivity index (χ0n) is 13.8. The number of ether oxygens (including phenoxy) is 1. The SMILES string of the molecule is CO[C@H](C1CC1)[C@@H]1[C@H](c2ccc(Cl)c(Cl)c2)C[C@H]2CC[C@@H]1N2C. The van der Waals surface area contributed by atoms with Crippen LogP contribution in [0.15, 0.2) is 18.2 Å². The number of fused-ring (bicyclic) bond motifs is 2. The molecule has 1 aromatic carbocycles. The molecule has 1 saturated carbocycles. The van der Waals surface area contributed by atoms with Crippen LogP contribution in [-0.4, -0.2) is 37.2 Å². The lowest BCUT2D eigenvalue weighted by Crippen LogP contribution is -2.51. The molecule has 126 valence electrons. The van der Waals surface area contributed by atoms with Crippen LogP contribution in [0.4, 0.5) is 0 Å². The minimum Gasteiger partial charge on any atom is -0.381 e. The van der Waals surface area contributed by atoms with Crippen LogP contribution in [0.5, 0.6) is 0 Å². The van der Waals surface area contributed by atoms with Gasteiger partial charge in [0, 0.05) is 25.1 Å². The van der Waals surface area contributed by atoms with Gasteiger partial charge in [0.2, 0.25) is 0 Å². The molecule has 3 aliphatic rings. The van der Waals surface area contributed by atoms with E-state index in [0.29, 0.717) is 40.1 Å². The summed E-state index contributed by atoms with van der Waals surface area (Å²) in [7, 11) is 4.20. The Labute approximate surface area is 149 Å². The number of piperidine rings is 1. The van der Waals surface area contributed by atoms with Gasteiger partial charge < -0.3 is 9.64 Å². The molecule has 3 fully saturated rings. The molecule has 2 nitrogen and oxygen atoms in total. The smallest absolute Gasteiger partial charge is 0.0648 e. The van der Waals surface area contributed by atoms with Gasteiger partial charge >= 0.3 is 0 Å². The Kier molecular flexibility index (Phi) is 4.38. The molecule has 0 unspecified atom stereocenters. The summed E-state index contributed by atoms with van der Waals surface area (Å²) in [6.07, 6.45) is 6.85. The van der Waals surface area contributed by atoms with Crippen LogP contribution in [0.25, 0.3) is 0 Å². The number of hydrogen-bond acceptors (Lipinski definition) is 2. The molecule has 0 aromatic heterocycles. The Bertz CT molecular complexity index is 587.